The summed E-state index contributed by atoms with van der Waals surface area (Å²) in [6.45, 7) is 5.32. The van der Waals surface area contributed by atoms with Gasteiger partial charge in [0.2, 0.25) is 0 Å². The van der Waals surface area contributed by atoms with Crippen molar-refractivity contribution in [3.63, 3.8) is 0 Å². The van der Waals surface area contributed by atoms with Gasteiger partial charge in [0.05, 0.1) is 11.7 Å². The second kappa shape index (κ2) is 5.54. The molecule has 0 saturated carbocycles. The Bertz CT molecular complexity index is 842. The van der Waals surface area contributed by atoms with Crippen LogP contribution in [-0.4, -0.2) is 21.5 Å². The minimum absolute atomic E-state index is 0. The van der Waals surface area contributed by atoms with Crippen LogP contribution in [0.2, 0.25) is 0 Å². The van der Waals surface area contributed by atoms with Crippen LogP contribution in [0.1, 0.15) is 16.7 Å². The average Bonchev–Trinajstić information content (AvgIpc) is 2.95. The van der Waals surface area contributed by atoms with Crippen molar-refractivity contribution in [2.75, 3.05) is 11.4 Å². The van der Waals surface area contributed by atoms with Gasteiger partial charge in [-0.05, 0) is 43.0 Å². The summed E-state index contributed by atoms with van der Waals surface area (Å²) >= 11 is 0. The summed E-state index contributed by atoms with van der Waals surface area (Å²) in [5.41, 5.74) is 6.26. The highest BCUT2D eigenvalue weighted by Crippen LogP contribution is 2.39. The normalized spacial score (nSPS) is 13.1. The number of halogens is 1. The molecule has 0 radical (unpaired) electrons. The Kier molecular flexibility index (Phi) is 3.71. The third kappa shape index (κ3) is 2.11. The van der Waals surface area contributed by atoms with Crippen LogP contribution in [0.4, 0.5) is 11.5 Å². The van der Waals surface area contributed by atoms with Crippen molar-refractivity contribution in [1.82, 2.24) is 15.0 Å². The molecule has 4 nitrogen and oxygen atoms in total. The quantitative estimate of drug-likeness (QED) is 0.686. The zero-order valence-corrected chi connectivity index (χ0v) is 13.4. The molecule has 4 rings (SSSR count). The molecule has 0 bridgehead atoms. The standard InChI is InChI=1S/C17H16N4.ClH/c1-11-3-4-13-6-8-21(16(13)12(11)2)17-14-5-7-18-9-15(14)19-10-20-17;/h3-5,7,9-10H,6,8H2,1-2H3;1H. The van der Waals surface area contributed by atoms with E-state index in [1.165, 1.54) is 22.4 Å². The van der Waals surface area contributed by atoms with Gasteiger partial charge >= 0.3 is 0 Å². The molecular formula is C17H17ClN4. The highest BCUT2D eigenvalue weighted by Gasteiger charge is 2.25. The molecule has 0 atom stereocenters. The fourth-order valence-corrected chi connectivity index (χ4v) is 3.10. The van der Waals surface area contributed by atoms with E-state index in [4.69, 9.17) is 0 Å². The molecule has 0 spiro atoms. The predicted molar refractivity (Wildman–Crippen MR) is 91.2 cm³/mol. The topological polar surface area (TPSA) is 41.9 Å². The van der Waals surface area contributed by atoms with Crippen molar-refractivity contribution >= 4 is 34.8 Å². The third-order valence-electron chi connectivity index (χ3n) is 4.33. The van der Waals surface area contributed by atoms with Gasteiger partial charge in [0, 0.05) is 23.8 Å². The molecule has 0 amide bonds. The summed E-state index contributed by atoms with van der Waals surface area (Å²) in [5, 5.41) is 1.06. The summed E-state index contributed by atoms with van der Waals surface area (Å²) in [6, 6.07) is 6.44. The van der Waals surface area contributed by atoms with E-state index >= 15 is 0 Å². The van der Waals surface area contributed by atoms with Crippen LogP contribution in [0.3, 0.4) is 0 Å². The van der Waals surface area contributed by atoms with Crippen LogP contribution < -0.4 is 4.90 Å². The number of aromatic nitrogens is 3. The fraction of sp³-hybridized carbons (Fsp3) is 0.235. The van der Waals surface area contributed by atoms with Gasteiger partial charge in [-0.2, -0.15) is 0 Å². The zero-order valence-electron chi connectivity index (χ0n) is 12.6. The van der Waals surface area contributed by atoms with Crippen LogP contribution in [0.25, 0.3) is 10.9 Å². The van der Waals surface area contributed by atoms with Crippen LogP contribution in [0.5, 0.6) is 0 Å². The lowest BCUT2D eigenvalue weighted by molar-refractivity contribution is 0.972. The predicted octanol–water partition coefficient (Wildman–Crippen LogP) is 3.76. The second-order valence-electron chi connectivity index (χ2n) is 5.51. The number of hydrogen-bond donors (Lipinski definition) is 0. The molecule has 3 heterocycles. The summed E-state index contributed by atoms with van der Waals surface area (Å²) in [7, 11) is 0. The molecule has 0 aliphatic carbocycles. The number of aryl methyl sites for hydroxylation is 1. The van der Waals surface area contributed by atoms with Crippen LogP contribution >= 0.6 is 12.4 Å². The minimum atomic E-state index is 0. The lowest BCUT2D eigenvalue weighted by Crippen LogP contribution is -2.16. The van der Waals surface area contributed by atoms with Gasteiger partial charge in [-0.25, -0.2) is 9.97 Å². The van der Waals surface area contributed by atoms with E-state index in [9.17, 15) is 0 Å². The van der Waals surface area contributed by atoms with E-state index < -0.39 is 0 Å². The Balaban J connectivity index is 0.00000144. The zero-order chi connectivity index (χ0) is 14.4. The Morgan fingerprint density at radius 3 is 2.82 bits per heavy atom. The lowest BCUT2D eigenvalue weighted by Gasteiger charge is -2.22. The highest BCUT2D eigenvalue weighted by atomic mass is 35.5. The Morgan fingerprint density at radius 2 is 1.95 bits per heavy atom. The van der Waals surface area contributed by atoms with E-state index in [1.807, 2.05) is 6.07 Å². The second-order valence-corrected chi connectivity index (χ2v) is 5.51. The first-order valence-electron chi connectivity index (χ1n) is 7.17. The fourth-order valence-electron chi connectivity index (χ4n) is 3.10. The molecule has 2 aromatic heterocycles. The van der Waals surface area contributed by atoms with Crippen molar-refractivity contribution < 1.29 is 0 Å². The first-order valence-corrected chi connectivity index (χ1v) is 7.17. The SMILES string of the molecule is Cc1ccc2c(c1C)N(c1ncnc3cnccc13)CC2.Cl. The molecule has 1 aliphatic heterocycles. The first kappa shape index (κ1) is 14.7. The molecule has 3 aromatic rings. The number of nitrogens with zero attached hydrogens (tertiary/aromatic N) is 4. The molecular weight excluding hydrogens is 296 g/mol. The lowest BCUT2D eigenvalue weighted by atomic mass is 10.0. The van der Waals surface area contributed by atoms with Crippen molar-refractivity contribution in [3.8, 4) is 0 Å². The van der Waals surface area contributed by atoms with Crippen LogP contribution in [0.15, 0.2) is 36.9 Å². The Morgan fingerprint density at radius 1 is 1.09 bits per heavy atom. The van der Waals surface area contributed by atoms with Crippen LogP contribution in [-0.2, 0) is 6.42 Å². The van der Waals surface area contributed by atoms with Gasteiger partial charge < -0.3 is 4.90 Å². The van der Waals surface area contributed by atoms with E-state index in [2.05, 4.69) is 45.8 Å². The monoisotopic (exact) mass is 312 g/mol. The molecule has 0 N–H and O–H groups in total. The van der Waals surface area contributed by atoms with Crippen molar-refractivity contribution in [1.29, 1.82) is 0 Å². The number of hydrogen-bond acceptors (Lipinski definition) is 4. The maximum absolute atomic E-state index is 4.55. The Hall–Kier alpha value is -2.20. The maximum Gasteiger partial charge on any atom is 0.144 e. The number of fused-ring (bicyclic) bond motifs is 2. The van der Waals surface area contributed by atoms with Gasteiger partial charge in [0.25, 0.3) is 0 Å². The highest BCUT2D eigenvalue weighted by molar-refractivity contribution is 5.92. The molecule has 0 fully saturated rings. The molecule has 112 valence electrons. The van der Waals surface area contributed by atoms with Gasteiger partial charge in [0.15, 0.2) is 0 Å². The number of rotatable bonds is 1. The van der Waals surface area contributed by atoms with E-state index in [0.717, 1.165) is 29.7 Å². The minimum Gasteiger partial charge on any atom is -0.325 e. The van der Waals surface area contributed by atoms with Crippen molar-refractivity contribution in [2.24, 2.45) is 0 Å². The average molecular weight is 313 g/mol. The molecule has 1 aliphatic rings. The van der Waals surface area contributed by atoms with Gasteiger partial charge in [0.1, 0.15) is 12.1 Å². The number of pyridine rings is 1. The number of anilines is 2. The first-order chi connectivity index (χ1) is 10.3. The summed E-state index contributed by atoms with van der Waals surface area (Å²) < 4.78 is 0. The largest absolute Gasteiger partial charge is 0.325 e. The van der Waals surface area contributed by atoms with Gasteiger partial charge in [-0.3, -0.25) is 4.98 Å². The van der Waals surface area contributed by atoms with Gasteiger partial charge in [-0.1, -0.05) is 12.1 Å². The Labute approximate surface area is 135 Å². The van der Waals surface area contributed by atoms with Crippen molar-refractivity contribution in [2.45, 2.75) is 20.3 Å². The molecule has 0 unspecified atom stereocenters. The third-order valence-corrected chi connectivity index (χ3v) is 4.33. The molecule has 0 saturated heterocycles. The molecule has 1 aromatic carbocycles. The molecule has 22 heavy (non-hydrogen) atoms. The molecule has 5 heteroatoms. The summed E-state index contributed by atoms with van der Waals surface area (Å²) in [6.07, 6.45) is 6.28. The smallest absolute Gasteiger partial charge is 0.144 e. The van der Waals surface area contributed by atoms with Crippen molar-refractivity contribution in [3.05, 3.63) is 53.6 Å². The summed E-state index contributed by atoms with van der Waals surface area (Å²) in [5.74, 6) is 0.981. The maximum atomic E-state index is 4.55. The van der Waals surface area contributed by atoms with Gasteiger partial charge in [-0.15, -0.1) is 12.4 Å². The van der Waals surface area contributed by atoms with E-state index in [0.29, 0.717) is 0 Å². The summed E-state index contributed by atoms with van der Waals surface area (Å²) in [4.78, 5) is 15.3. The van der Waals surface area contributed by atoms with Crippen LogP contribution in [0, 0.1) is 13.8 Å². The van der Waals surface area contributed by atoms with E-state index in [1.54, 1.807) is 18.7 Å². The number of benzene rings is 1. The van der Waals surface area contributed by atoms with E-state index in [-0.39, 0.29) is 12.4 Å².